The van der Waals surface area contributed by atoms with Crippen LogP contribution in [0.1, 0.15) is 37.7 Å². The molecule has 0 aliphatic carbocycles. The van der Waals surface area contributed by atoms with Gasteiger partial charge in [-0.2, -0.15) is 0 Å². The van der Waals surface area contributed by atoms with Crippen molar-refractivity contribution in [3.8, 4) is 5.82 Å². The monoisotopic (exact) mass is 363 g/mol. The first-order chi connectivity index (χ1) is 12.9. The van der Waals surface area contributed by atoms with E-state index in [1.54, 1.807) is 24.4 Å². The molecule has 1 amide bonds. The summed E-state index contributed by atoms with van der Waals surface area (Å²) in [6.07, 6.45) is 1.72. The maximum Gasteiger partial charge on any atom is 0.337 e. The summed E-state index contributed by atoms with van der Waals surface area (Å²) in [4.78, 5) is 29.0. The number of pyridine rings is 1. The van der Waals surface area contributed by atoms with Crippen LogP contribution in [0.3, 0.4) is 0 Å². The van der Waals surface area contributed by atoms with Crippen LogP contribution < -0.4 is 5.32 Å². The zero-order valence-corrected chi connectivity index (χ0v) is 15.7. The molecule has 2 aromatic heterocycles. The van der Waals surface area contributed by atoms with Crippen molar-refractivity contribution >= 4 is 17.6 Å². The fourth-order valence-corrected chi connectivity index (χ4v) is 3.02. The van der Waals surface area contributed by atoms with Crippen molar-refractivity contribution in [2.75, 3.05) is 12.4 Å². The van der Waals surface area contributed by atoms with Crippen LogP contribution in [0.15, 0.2) is 48.7 Å². The van der Waals surface area contributed by atoms with Gasteiger partial charge in [0.1, 0.15) is 5.82 Å². The normalized spacial score (nSPS) is 10.5. The van der Waals surface area contributed by atoms with Crippen molar-refractivity contribution in [3.63, 3.8) is 0 Å². The molecule has 0 fully saturated rings. The number of ether oxygens (including phenoxy) is 1. The number of nitrogens with zero attached hydrogens (tertiary/aromatic N) is 2. The summed E-state index contributed by atoms with van der Waals surface area (Å²) in [5, 5.41) is 2.90. The minimum Gasteiger partial charge on any atom is -0.465 e. The Balaban J connectivity index is 1.93. The Hall–Kier alpha value is -3.41. The van der Waals surface area contributed by atoms with Crippen LogP contribution in [0.4, 0.5) is 5.69 Å². The molecule has 0 atom stereocenters. The molecular weight excluding hydrogens is 342 g/mol. The first-order valence-electron chi connectivity index (χ1n) is 8.53. The van der Waals surface area contributed by atoms with Crippen LogP contribution in [0, 0.1) is 20.8 Å². The van der Waals surface area contributed by atoms with Gasteiger partial charge in [0.05, 0.1) is 18.2 Å². The minimum atomic E-state index is -0.446. The quantitative estimate of drug-likeness (QED) is 0.715. The molecular formula is C21H21N3O3. The molecule has 3 rings (SSSR count). The van der Waals surface area contributed by atoms with Gasteiger partial charge in [-0.1, -0.05) is 12.1 Å². The van der Waals surface area contributed by atoms with Crippen LogP contribution >= 0.6 is 0 Å². The topological polar surface area (TPSA) is 73.2 Å². The van der Waals surface area contributed by atoms with E-state index in [2.05, 4.69) is 10.3 Å². The smallest absolute Gasteiger partial charge is 0.337 e. The van der Waals surface area contributed by atoms with Gasteiger partial charge in [-0.05, 0) is 56.7 Å². The fourth-order valence-electron chi connectivity index (χ4n) is 3.02. The molecule has 27 heavy (non-hydrogen) atoms. The van der Waals surface area contributed by atoms with Crippen molar-refractivity contribution in [3.05, 3.63) is 76.7 Å². The number of benzene rings is 1. The Morgan fingerprint density at radius 1 is 1.07 bits per heavy atom. The lowest BCUT2D eigenvalue weighted by molar-refractivity contribution is 0.0600. The Bertz CT molecular complexity index is 1010. The average Bonchev–Trinajstić information content (AvgIpc) is 2.97. The molecule has 0 bridgehead atoms. The lowest BCUT2D eigenvalue weighted by atomic mass is 10.1. The number of aryl methyl sites for hydroxylation is 2. The van der Waals surface area contributed by atoms with Gasteiger partial charge in [-0.15, -0.1) is 0 Å². The number of hydrogen-bond donors (Lipinski definition) is 1. The maximum absolute atomic E-state index is 12.9. The van der Waals surface area contributed by atoms with Crippen molar-refractivity contribution in [2.45, 2.75) is 20.8 Å². The van der Waals surface area contributed by atoms with E-state index in [-0.39, 0.29) is 5.91 Å². The average molecular weight is 363 g/mol. The van der Waals surface area contributed by atoms with Gasteiger partial charge < -0.3 is 14.6 Å². The standard InChI is InChI=1S/C21H21N3O3/c1-13-8-9-16(21(26)27-4)12-18(13)23-20(25)17-11-14(2)24(15(17)3)19-7-5-6-10-22-19/h5-12H,1-4H3,(H,23,25). The second-order valence-electron chi connectivity index (χ2n) is 6.28. The van der Waals surface area contributed by atoms with Gasteiger partial charge in [0, 0.05) is 23.3 Å². The first-order valence-corrected chi connectivity index (χ1v) is 8.53. The summed E-state index contributed by atoms with van der Waals surface area (Å²) in [6.45, 7) is 5.68. The van der Waals surface area contributed by atoms with E-state index in [1.165, 1.54) is 7.11 Å². The third-order valence-corrected chi connectivity index (χ3v) is 4.46. The number of nitrogens with one attached hydrogen (secondary N) is 1. The van der Waals surface area contributed by atoms with Crippen molar-refractivity contribution in [1.29, 1.82) is 0 Å². The van der Waals surface area contributed by atoms with Crippen molar-refractivity contribution in [2.24, 2.45) is 0 Å². The predicted octanol–water partition coefficient (Wildman–Crippen LogP) is 3.84. The number of rotatable bonds is 4. The number of amides is 1. The Morgan fingerprint density at radius 2 is 1.85 bits per heavy atom. The number of esters is 1. The van der Waals surface area contributed by atoms with Gasteiger partial charge in [0.15, 0.2) is 0 Å². The van der Waals surface area contributed by atoms with E-state index in [0.717, 1.165) is 22.8 Å². The molecule has 0 spiro atoms. The largest absolute Gasteiger partial charge is 0.465 e. The summed E-state index contributed by atoms with van der Waals surface area (Å²) in [5.41, 5.74) is 4.08. The van der Waals surface area contributed by atoms with Crippen molar-refractivity contribution in [1.82, 2.24) is 9.55 Å². The number of carbonyl (C=O) groups is 2. The van der Waals surface area contributed by atoms with Crippen LogP contribution in [-0.4, -0.2) is 28.5 Å². The van der Waals surface area contributed by atoms with E-state index < -0.39 is 5.97 Å². The van der Waals surface area contributed by atoms with Crippen molar-refractivity contribution < 1.29 is 14.3 Å². The van der Waals surface area contributed by atoms with Gasteiger partial charge >= 0.3 is 5.97 Å². The molecule has 1 N–H and O–H groups in total. The van der Waals surface area contributed by atoms with E-state index in [9.17, 15) is 9.59 Å². The first kappa shape index (κ1) is 18.4. The number of aromatic nitrogens is 2. The molecule has 6 heteroatoms. The third kappa shape index (κ3) is 3.60. The van der Waals surface area contributed by atoms with E-state index in [4.69, 9.17) is 4.74 Å². The van der Waals surface area contributed by atoms with E-state index in [1.807, 2.05) is 49.6 Å². The minimum absolute atomic E-state index is 0.240. The van der Waals surface area contributed by atoms with Gasteiger partial charge in [0.25, 0.3) is 5.91 Å². The van der Waals surface area contributed by atoms with Crippen LogP contribution in [0.5, 0.6) is 0 Å². The second-order valence-corrected chi connectivity index (χ2v) is 6.28. The molecule has 6 nitrogen and oxygen atoms in total. The fraction of sp³-hybridized carbons (Fsp3) is 0.190. The molecule has 0 aliphatic rings. The third-order valence-electron chi connectivity index (χ3n) is 4.46. The second kappa shape index (κ2) is 7.45. The molecule has 0 unspecified atom stereocenters. The van der Waals surface area contributed by atoms with Crippen LogP contribution in [-0.2, 0) is 4.74 Å². The SMILES string of the molecule is COC(=O)c1ccc(C)c(NC(=O)c2cc(C)n(-c3ccccn3)c2C)c1. The number of methoxy groups -OCH3 is 1. The molecule has 1 aromatic carbocycles. The Labute approximate surface area is 157 Å². The Morgan fingerprint density at radius 3 is 2.52 bits per heavy atom. The summed E-state index contributed by atoms with van der Waals surface area (Å²) in [6, 6.07) is 12.6. The highest BCUT2D eigenvalue weighted by Crippen LogP contribution is 2.23. The summed E-state index contributed by atoms with van der Waals surface area (Å²) >= 11 is 0. The number of carbonyl (C=O) groups excluding carboxylic acids is 2. The molecule has 138 valence electrons. The molecule has 2 heterocycles. The molecule has 0 saturated heterocycles. The summed E-state index contributed by atoms with van der Waals surface area (Å²) in [5.74, 6) is 0.0737. The predicted molar refractivity (Wildman–Crippen MR) is 104 cm³/mol. The molecule has 3 aromatic rings. The zero-order valence-electron chi connectivity index (χ0n) is 15.7. The highest BCUT2D eigenvalue weighted by Gasteiger charge is 2.18. The zero-order chi connectivity index (χ0) is 19.6. The Kier molecular flexibility index (Phi) is 5.07. The van der Waals surface area contributed by atoms with E-state index in [0.29, 0.717) is 16.8 Å². The highest BCUT2D eigenvalue weighted by molar-refractivity contribution is 6.06. The van der Waals surface area contributed by atoms with Gasteiger partial charge in [0.2, 0.25) is 0 Å². The van der Waals surface area contributed by atoms with Crippen LogP contribution in [0.2, 0.25) is 0 Å². The molecule has 0 aliphatic heterocycles. The molecule has 0 saturated carbocycles. The van der Waals surface area contributed by atoms with Crippen LogP contribution in [0.25, 0.3) is 5.82 Å². The highest BCUT2D eigenvalue weighted by atomic mass is 16.5. The summed E-state index contributed by atoms with van der Waals surface area (Å²) in [7, 11) is 1.33. The van der Waals surface area contributed by atoms with Gasteiger partial charge in [-0.3, -0.25) is 4.79 Å². The lowest BCUT2D eigenvalue weighted by Gasteiger charge is -2.11. The number of anilines is 1. The number of hydrogen-bond acceptors (Lipinski definition) is 4. The van der Waals surface area contributed by atoms with Gasteiger partial charge in [-0.25, -0.2) is 9.78 Å². The summed E-state index contributed by atoms with van der Waals surface area (Å²) < 4.78 is 6.68. The van der Waals surface area contributed by atoms with E-state index >= 15 is 0 Å². The lowest BCUT2D eigenvalue weighted by Crippen LogP contribution is -2.15. The maximum atomic E-state index is 12.9. The molecule has 0 radical (unpaired) electrons.